The number of fused-ring (bicyclic) bond motifs is 1. The molecule has 0 radical (unpaired) electrons. The highest BCUT2D eigenvalue weighted by molar-refractivity contribution is 6.05. The maximum Gasteiger partial charge on any atom is 0.249 e. The standard InChI is InChI=1S/C12H15N7O2/c1-3-13-12-17-9-8(14-5-15-9)10(18-12)19-4-7(20)16-11(21)6(19)2/h5-6H,3-4H2,1-2H3,(H,16,20,21)(H2,13,14,15,17,18). The lowest BCUT2D eigenvalue weighted by Crippen LogP contribution is -2.57. The molecule has 2 aromatic heterocycles. The van der Waals surface area contributed by atoms with Crippen LogP contribution in [0.25, 0.3) is 11.2 Å². The van der Waals surface area contributed by atoms with Crippen molar-refractivity contribution in [3.8, 4) is 0 Å². The van der Waals surface area contributed by atoms with E-state index in [9.17, 15) is 9.59 Å². The van der Waals surface area contributed by atoms with Gasteiger partial charge in [0.25, 0.3) is 0 Å². The van der Waals surface area contributed by atoms with Gasteiger partial charge in [-0.3, -0.25) is 14.9 Å². The number of aromatic amines is 1. The zero-order valence-electron chi connectivity index (χ0n) is 11.7. The fourth-order valence-corrected chi connectivity index (χ4v) is 2.24. The molecule has 2 aromatic rings. The van der Waals surface area contributed by atoms with Crippen molar-refractivity contribution in [1.29, 1.82) is 0 Å². The Balaban J connectivity index is 2.11. The SMILES string of the molecule is CCNc1nc(N2CC(=O)NC(=O)C2C)c2[nH]cnc2n1. The number of anilines is 2. The Bertz CT molecular complexity index is 711. The Kier molecular flexibility index (Phi) is 3.16. The molecule has 9 heteroatoms. The minimum Gasteiger partial charge on any atom is -0.354 e. The molecule has 9 nitrogen and oxygen atoms in total. The molecular weight excluding hydrogens is 274 g/mol. The fraction of sp³-hybridized carbons (Fsp3) is 0.417. The van der Waals surface area contributed by atoms with Crippen molar-refractivity contribution in [3.05, 3.63) is 6.33 Å². The molecule has 3 rings (SSSR count). The first-order chi connectivity index (χ1) is 10.1. The molecule has 3 N–H and O–H groups in total. The number of hydrogen-bond acceptors (Lipinski definition) is 7. The molecule has 0 saturated carbocycles. The second kappa shape index (κ2) is 5.00. The summed E-state index contributed by atoms with van der Waals surface area (Å²) in [5.41, 5.74) is 1.09. The Hall–Kier alpha value is -2.71. The van der Waals surface area contributed by atoms with Crippen LogP contribution in [-0.2, 0) is 9.59 Å². The predicted molar refractivity (Wildman–Crippen MR) is 75.8 cm³/mol. The van der Waals surface area contributed by atoms with E-state index in [4.69, 9.17) is 0 Å². The van der Waals surface area contributed by atoms with E-state index in [0.29, 0.717) is 29.5 Å². The van der Waals surface area contributed by atoms with Crippen molar-refractivity contribution in [3.63, 3.8) is 0 Å². The molecule has 0 spiro atoms. The molecule has 21 heavy (non-hydrogen) atoms. The summed E-state index contributed by atoms with van der Waals surface area (Å²) < 4.78 is 0. The van der Waals surface area contributed by atoms with Gasteiger partial charge in [0.2, 0.25) is 17.8 Å². The van der Waals surface area contributed by atoms with Gasteiger partial charge >= 0.3 is 0 Å². The van der Waals surface area contributed by atoms with Crippen LogP contribution in [0.5, 0.6) is 0 Å². The quantitative estimate of drug-likeness (QED) is 0.660. The molecule has 2 amide bonds. The van der Waals surface area contributed by atoms with Crippen molar-refractivity contribution in [1.82, 2.24) is 25.3 Å². The normalized spacial score (nSPS) is 19.0. The van der Waals surface area contributed by atoms with Crippen molar-refractivity contribution >= 4 is 34.7 Å². The van der Waals surface area contributed by atoms with Crippen LogP contribution >= 0.6 is 0 Å². The first kappa shape index (κ1) is 13.3. The van der Waals surface area contributed by atoms with Gasteiger partial charge in [0, 0.05) is 6.54 Å². The van der Waals surface area contributed by atoms with Crippen LogP contribution in [0.1, 0.15) is 13.8 Å². The number of nitrogens with zero attached hydrogens (tertiary/aromatic N) is 4. The average molecular weight is 289 g/mol. The molecule has 1 saturated heterocycles. The topological polar surface area (TPSA) is 116 Å². The Morgan fingerprint density at radius 1 is 1.43 bits per heavy atom. The van der Waals surface area contributed by atoms with Crippen LogP contribution in [0.15, 0.2) is 6.33 Å². The minimum absolute atomic E-state index is 0.0591. The first-order valence-electron chi connectivity index (χ1n) is 6.65. The van der Waals surface area contributed by atoms with Crippen molar-refractivity contribution < 1.29 is 9.59 Å². The molecular formula is C12H15N7O2. The van der Waals surface area contributed by atoms with E-state index in [0.717, 1.165) is 0 Å². The third-order valence-electron chi connectivity index (χ3n) is 3.30. The second-order valence-corrected chi connectivity index (χ2v) is 4.72. The van der Waals surface area contributed by atoms with Crippen molar-refractivity contribution in [2.75, 3.05) is 23.3 Å². The number of nitrogens with one attached hydrogen (secondary N) is 3. The van der Waals surface area contributed by atoms with E-state index in [1.807, 2.05) is 6.92 Å². The van der Waals surface area contributed by atoms with Crippen LogP contribution in [0.2, 0.25) is 0 Å². The first-order valence-corrected chi connectivity index (χ1v) is 6.65. The number of H-pyrrole nitrogens is 1. The smallest absolute Gasteiger partial charge is 0.249 e. The molecule has 1 aliphatic heterocycles. The summed E-state index contributed by atoms with van der Waals surface area (Å²) in [6.07, 6.45) is 1.51. The number of carbonyl (C=O) groups excluding carboxylic acids is 2. The van der Waals surface area contributed by atoms with E-state index in [-0.39, 0.29) is 18.4 Å². The number of imide groups is 1. The molecule has 1 aliphatic rings. The van der Waals surface area contributed by atoms with E-state index < -0.39 is 6.04 Å². The Morgan fingerprint density at radius 3 is 3.00 bits per heavy atom. The number of aromatic nitrogens is 4. The highest BCUT2D eigenvalue weighted by Crippen LogP contribution is 2.25. The predicted octanol–water partition coefficient (Wildman–Crippen LogP) is -0.364. The van der Waals surface area contributed by atoms with Crippen LogP contribution in [0, 0.1) is 0 Å². The van der Waals surface area contributed by atoms with Crippen LogP contribution < -0.4 is 15.5 Å². The molecule has 0 bridgehead atoms. The summed E-state index contributed by atoms with van der Waals surface area (Å²) in [4.78, 5) is 40.8. The maximum atomic E-state index is 11.8. The molecule has 3 heterocycles. The summed E-state index contributed by atoms with van der Waals surface area (Å²) in [6, 6.07) is -0.501. The lowest BCUT2D eigenvalue weighted by atomic mass is 10.2. The molecule has 1 fully saturated rings. The number of carbonyl (C=O) groups is 2. The van der Waals surface area contributed by atoms with Gasteiger partial charge in [0.1, 0.15) is 11.6 Å². The Labute approximate surface area is 120 Å². The Morgan fingerprint density at radius 2 is 2.24 bits per heavy atom. The van der Waals surface area contributed by atoms with E-state index >= 15 is 0 Å². The van der Waals surface area contributed by atoms with Crippen molar-refractivity contribution in [2.24, 2.45) is 0 Å². The molecule has 1 unspecified atom stereocenters. The average Bonchev–Trinajstić information content (AvgIpc) is 2.90. The molecule has 0 aromatic carbocycles. The monoisotopic (exact) mass is 289 g/mol. The van der Waals surface area contributed by atoms with E-state index in [2.05, 4.69) is 30.6 Å². The van der Waals surface area contributed by atoms with Gasteiger partial charge < -0.3 is 15.2 Å². The van der Waals surface area contributed by atoms with Gasteiger partial charge in [0.15, 0.2) is 11.5 Å². The van der Waals surface area contributed by atoms with Crippen LogP contribution in [-0.4, -0.2) is 50.9 Å². The number of piperazine rings is 1. The van der Waals surface area contributed by atoms with Gasteiger partial charge in [-0.1, -0.05) is 0 Å². The van der Waals surface area contributed by atoms with Gasteiger partial charge in [-0.2, -0.15) is 9.97 Å². The van der Waals surface area contributed by atoms with E-state index in [1.165, 1.54) is 6.33 Å². The number of imidazole rings is 1. The summed E-state index contributed by atoms with van der Waals surface area (Å²) in [6.45, 7) is 4.37. The van der Waals surface area contributed by atoms with Crippen LogP contribution in [0.4, 0.5) is 11.8 Å². The summed E-state index contributed by atoms with van der Waals surface area (Å²) in [5, 5.41) is 5.32. The van der Waals surface area contributed by atoms with Gasteiger partial charge in [-0.05, 0) is 13.8 Å². The number of amides is 2. The zero-order valence-corrected chi connectivity index (χ0v) is 11.7. The summed E-state index contributed by atoms with van der Waals surface area (Å²) in [5.74, 6) is 0.207. The summed E-state index contributed by atoms with van der Waals surface area (Å²) in [7, 11) is 0. The van der Waals surface area contributed by atoms with Crippen molar-refractivity contribution in [2.45, 2.75) is 19.9 Å². The van der Waals surface area contributed by atoms with Gasteiger partial charge in [0.05, 0.1) is 12.9 Å². The number of rotatable bonds is 3. The highest BCUT2D eigenvalue weighted by Gasteiger charge is 2.32. The fourth-order valence-electron chi connectivity index (χ4n) is 2.24. The lowest BCUT2D eigenvalue weighted by Gasteiger charge is -2.32. The highest BCUT2D eigenvalue weighted by atomic mass is 16.2. The largest absolute Gasteiger partial charge is 0.354 e. The summed E-state index contributed by atoms with van der Waals surface area (Å²) >= 11 is 0. The number of hydrogen-bond donors (Lipinski definition) is 3. The van der Waals surface area contributed by atoms with E-state index in [1.54, 1.807) is 11.8 Å². The third-order valence-corrected chi connectivity index (χ3v) is 3.30. The third kappa shape index (κ3) is 2.26. The molecule has 1 atom stereocenters. The maximum absolute atomic E-state index is 11.8. The molecule has 110 valence electrons. The van der Waals surface area contributed by atoms with Gasteiger partial charge in [-0.15, -0.1) is 0 Å². The second-order valence-electron chi connectivity index (χ2n) is 4.72. The van der Waals surface area contributed by atoms with Crippen LogP contribution in [0.3, 0.4) is 0 Å². The zero-order chi connectivity index (χ0) is 15.0. The molecule has 0 aliphatic carbocycles. The minimum atomic E-state index is -0.501. The van der Waals surface area contributed by atoms with Gasteiger partial charge in [-0.25, -0.2) is 4.98 Å². The lowest BCUT2D eigenvalue weighted by molar-refractivity contribution is -0.132.